The van der Waals surface area contributed by atoms with Gasteiger partial charge in [0.05, 0.1) is 12.6 Å². The molecule has 22 heavy (non-hydrogen) atoms. The molecule has 1 fully saturated rings. The zero-order valence-corrected chi connectivity index (χ0v) is 13.3. The maximum atomic E-state index is 13.5. The molecule has 1 saturated carbocycles. The van der Waals surface area contributed by atoms with Crippen molar-refractivity contribution in [3.63, 3.8) is 0 Å². The fourth-order valence-corrected chi connectivity index (χ4v) is 3.10. The van der Waals surface area contributed by atoms with Gasteiger partial charge in [-0.05, 0) is 38.4 Å². The summed E-state index contributed by atoms with van der Waals surface area (Å²) >= 11 is 0. The van der Waals surface area contributed by atoms with Crippen LogP contribution in [0, 0.1) is 12.7 Å². The number of carbonyl (C=O) groups excluding carboxylic acids is 1. The van der Waals surface area contributed by atoms with Gasteiger partial charge in [-0.15, -0.1) is 0 Å². The fourth-order valence-electron chi connectivity index (χ4n) is 3.10. The van der Waals surface area contributed by atoms with Crippen molar-refractivity contribution in [2.75, 3.05) is 18.4 Å². The van der Waals surface area contributed by atoms with Gasteiger partial charge in [0.1, 0.15) is 5.82 Å². The lowest BCUT2D eigenvalue weighted by molar-refractivity contribution is -0.118. The van der Waals surface area contributed by atoms with Gasteiger partial charge < -0.3 is 10.4 Å². The third kappa shape index (κ3) is 4.05. The zero-order chi connectivity index (χ0) is 16.1. The van der Waals surface area contributed by atoms with Crippen LogP contribution in [-0.2, 0) is 4.79 Å². The second-order valence-electron chi connectivity index (χ2n) is 5.94. The highest BCUT2D eigenvalue weighted by molar-refractivity contribution is 5.93. The van der Waals surface area contributed by atoms with E-state index in [0.29, 0.717) is 17.8 Å². The minimum Gasteiger partial charge on any atom is -0.391 e. The van der Waals surface area contributed by atoms with Crippen LogP contribution in [0.2, 0.25) is 0 Å². The van der Waals surface area contributed by atoms with Crippen molar-refractivity contribution in [3.05, 3.63) is 29.6 Å². The normalized spacial score (nSPS) is 21.9. The molecule has 0 saturated heterocycles. The molecule has 1 aromatic rings. The molecule has 5 heteroatoms. The van der Waals surface area contributed by atoms with Crippen LogP contribution >= 0.6 is 0 Å². The van der Waals surface area contributed by atoms with Crippen molar-refractivity contribution in [2.24, 2.45) is 0 Å². The van der Waals surface area contributed by atoms with Gasteiger partial charge in [0, 0.05) is 17.3 Å². The molecule has 2 rings (SSSR count). The Morgan fingerprint density at radius 3 is 2.82 bits per heavy atom. The van der Waals surface area contributed by atoms with Gasteiger partial charge in [-0.1, -0.05) is 25.8 Å². The van der Waals surface area contributed by atoms with E-state index in [1.807, 2.05) is 11.8 Å². The highest BCUT2D eigenvalue weighted by atomic mass is 19.1. The molecule has 0 spiro atoms. The summed E-state index contributed by atoms with van der Waals surface area (Å²) in [6, 6.07) is 4.70. The highest BCUT2D eigenvalue weighted by Gasteiger charge is 2.29. The number of rotatable bonds is 5. The van der Waals surface area contributed by atoms with E-state index in [1.165, 1.54) is 6.07 Å². The third-order valence-corrected chi connectivity index (χ3v) is 4.46. The first-order chi connectivity index (χ1) is 10.5. The van der Waals surface area contributed by atoms with Crippen LogP contribution in [0.3, 0.4) is 0 Å². The average Bonchev–Trinajstić information content (AvgIpc) is 2.50. The van der Waals surface area contributed by atoms with E-state index in [4.69, 9.17) is 0 Å². The van der Waals surface area contributed by atoms with Gasteiger partial charge in [0.25, 0.3) is 0 Å². The van der Waals surface area contributed by atoms with Crippen LogP contribution in [0.5, 0.6) is 0 Å². The molecule has 2 N–H and O–H groups in total. The predicted molar refractivity (Wildman–Crippen MR) is 85.3 cm³/mol. The van der Waals surface area contributed by atoms with E-state index in [-0.39, 0.29) is 30.4 Å². The Hall–Kier alpha value is -1.46. The van der Waals surface area contributed by atoms with Gasteiger partial charge in [-0.3, -0.25) is 9.69 Å². The van der Waals surface area contributed by atoms with Crippen molar-refractivity contribution in [1.29, 1.82) is 0 Å². The summed E-state index contributed by atoms with van der Waals surface area (Å²) in [5.74, 6) is -0.499. The Kier molecular flexibility index (Phi) is 5.91. The number of hydrogen-bond acceptors (Lipinski definition) is 3. The fraction of sp³-hybridized carbons (Fsp3) is 0.588. The minimum absolute atomic E-state index is 0.0399. The van der Waals surface area contributed by atoms with Crippen LogP contribution in [-0.4, -0.2) is 41.1 Å². The van der Waals surface area contributed by atoms with Gasteiger partial charge in [0.15, 0.2) is 0 Å². The maximum Gasteiger partial charge on any atom is 0.238 e. The molecule has 1 aliphatic rings. The SMILES string of the molecule is CCN(CC(=O)Nc1cccc(F)c1C)[C@@H]1CCCC[C@H]1O. The molecule has 4 nitrogen and oxygen atoms in total. The molecule has 0 bridgehead atoms. The average molecular weight is 308 g/mol. The van der Waals surface area contributed by atoms with Gasteiger partial charge in [0.2, 0.25) is 5.91 Å². The summed E-state index contributed by atoms with van der Waals surface area (Å²) in [5.41, 5.74) is 0.946. The van der Waals surface area contributed by atoms with E-state index in [1.54, 1.807) is 19.1 Å². The molecule has 1 aliphatic carbocycles. The number of aliphatic hydroxyl groups is 1. The largest absolute Gasteiger partial charge is 0.391 e. The van der Waals surface area contributed by atoms with E-state index in [0.717, 1.165) is 25.7 Å². The number of halogens is 1. The molecule has 0 radical (unpaired) electrons. The quantitative estimate of drug-likeness (QED) is 0.879. The van der Waals surface area contributed by atoms with Crippen molar-refractivity contribution in [2.45, 2.75) is 51.7 Å². The lowest BCUT2D eigenvalue weighted by Gasteiger charge is -2.36. The summed E-state index contributed by atoms with van der Waals surface area (Å²) in [6.07, 6.45) is 3.48. The van der Waals surface area contributed by atoms with Gasteiger partial charge in [-0.2, -0.15) is 0 Å². The van der Waals surface area contributed by atoms with Gasteiger partial charge >= 0.3 is 0 Å². The van der Waals surface area contributed by atoms with Crippen LogP contribution in [0.25, 0.3) is 0 Å². The Balaban J connectivity index is 1.98. The second-order valence-corrected chi connectivity index (χ2v) is 5.94. The molecular weight excluding hydrogens is 283 g/mol. The predicted octanol–water partition coefficient (Wildman–Crippen LogP) is 2.70. The third-order valence-electron chi connectivity index (χ3n) is 4.46. The first kappa shape index (κ1) is 16.9. The molecule has 0 aromatic heterocycles. The number of nitrogens with one attached hydrogen (secondary N) is 1. The molecule has 1 amide bonds. The summed E-state index contributed by atoms with van der Waals surface area (Å²) < 4.78 is 13.5. The minimum atomic E-state index is -0.364. The number of amides is 1. The summed E-state index contributed by atoms with van der Waals surface area (Å²) in [7, 11) is 0. The number of aliphatic hydroxyl groups excluding tert-OH is 1. The van der Waals surface area contributed by atoms with Crippen molar-refractivity contribution >= 4 is 11.6 Å². The number of nitrogens with zero attached hydrogens (tertiary/aromatic N) is 1. The Morgan fingerprint density at radius 2 is 2.14 bits per heavy atom. The number of hydrogen-bond donors (Lipinski definition) is 2. The highest BCUT2D eigenvalue weighted by Crippen LogP contribution is 2.23. The molecule has 122 valence electrons. The number of benzene rings is 1. The number of carbonyl (C=O) groups is 1. The zero-order valence-electron chi connectivity index (χ0n) is 13.3. The van der Waals surface area contributed by atoms with E-state index >= 15 is 0 Å². The summed E-state index contributed by atoms with van der Waals surface area (Å²) in [4.78, 5) is 14.2. The molecule has 0 unspecified atom stereocenters. The Bertz CT molecular complexity index is 521. The first-order valence-corrected chi connectivity index (χ1v) is 8.00. The standard InChI is InChI=1S/C17H25FN2O2/c1-3-20(15-9-4-5-10-16(15)21)11-17(22)19-14-8-6-7-13(18)12(14)2/h6-8,15-16,21H,3-5,9-11H2,1-2H3,(H,19,22)/t15-,16-/m1/s1. The number of likely N-dealkylation sites (N-methyl/N-ethyl adjacent to an activating group) is 1. The first-order valence-electron chi connectivity index (χ1n) is 8.00. The van der Waals surface area contributed by atoms with Crippen LogP contribution < -0.4 is 5.32 Å². The lowest BCUT2D eigenvalue weighted by atomic mass is 9.91. The summed E-state index contributed by atoms with van der Waals surface area (Å²) in [5, 5.41) is 12.9. The monoisotopic (exact) mass is 308 g/mol. The maximum absolute atomic E-state index is 13.5. The van der Waals surface area contributed by atoms with Gasteiger partial charge in [-0.25, -0.2) is 4.39 Å². The molecule has 1 aromatic carbocycles. The topological polar surface area (TPSA) is 52.6 Å². The van der Waals surface area contributed by atoms with Crippen LogP contribution in [0.1, 0.15) is 38.2 Å². The molecule has 2 atom stereocenters. The molecule has 0 aliphatic heterocycles. The van der Waals surface area contributed by atoms with E-state index < -0.39 is 0 Å². The Morgan fingerprint density at radius 1 is 1.41 bits per heavy atom. The summed E-state index contributed by atoms with van der Waals surface area (Å²) in [6.45, 7) is 4.56. The van der Waals surface area contributed by atoms with Crippen molar-refractivity contribution in [1.82, 2.24) is 4.90 Å². The molecule has 0 heterocycles. The van der Waals surface area contributed by atoms with Crippen molar-refractivity contribution < 1.29 is 14.3 Å². The van der Waals surface area contributed by atoms with E-state index in [2.05, 4.69) is 5.32 Å². The van der Waals surface area contributed by atoms with Crippen LogP contribution in [0.4, 0.5) is 10.1 Å². The van der Waals surface area contributed by atoms with E-state index in [9.17, 15) is 14.3 Å². The lowest BCUT2D eigenvalue weighted by Crippen LogP contribution is -2.48. The van der Waals surface area contributed by atoms with Crippen molar-refractivity contribution in [3.8, 4) is 0 Å². The smallest absolute Gasteiger partial charge is 0.238 e. The van der Waals surface area contributed by atoms with Crippen LogP contribution in [0.15, 0.2) is 18.2 Å². The molecular formula is C17H25FN2O2. The Labute approximate surface area is 131 Å². The second kappa shape index (κ2) is 7.70. The number of anilines is 1.